The van der Waals surface area contributed by atoms with Crippen LogP contribution in [0.2, 0.25) is 0 Å². The van der Waals surface area contributed by atoms with Gasteiger partial charge in [-0.25, -0.2) is 0 Å². The van der Waals surface area contributed by atoms with Gasteiger partial charge in [0.15, 0.2) is 5.82 Å². The number of amides is 1. The molecule has 1 N–H and O–H groups in total. The molecule has 0 unspecified atom stereocenters. The molecule has 1 amide bonds. The van der Waals surface area contributed by atoms with Gasteiger partial charge in [0.2, 0.25) is 5.91 Å². The first-order valence-electron chi connectivity index (χ1n) is 6.48. The Balaban J connectivity index is 2.09. The van der Waals surface area contributed by atoms with Crippen LogP contribution in [0, 0.1) is 0 Å². The summed E-state index contributed by atoms with van der Waals surface area (Å²) in [5.74, 6) is 0.500. The van der Waals surface area contributed by atoms with E-state index >= 15 is 0 Å². The normalized spacial score (nSPS) is 13.3. The predicted molar refractivity (Wildman–Crippen MR) is 71.8 cm³/mol. The summed E-state index contributed by atoms with van der Waals surface area (Å²) in [7, 11) is 0. The van der Waals surface area contributed by atoms with E-state index in [1.54, 1.807) is 0 Å². The fourth-order valence-corrected chi connectivity index (χ4v) is 2.50. The zero-order chi connectivity index (χ0) is 13.6. The molecule has 0 spiro atoms. The van der Waals surface area contributed by atoms with Crippen molar-refractivity contribution in [3.8, 4) is 11.4 Å². The van der Waals surface area contributed by atoms with Gasteiger partial charge in [0.25, 0.3) is 0 Å². The summed E-state index contributed by atoms with van der Waals surface area (Å²) in [5, 5.41) is 11.6. The maximum Gasteiger partial charge on any atom is 0.222 e. The van der Waals surface area contributed by atoms with Crippen LogP contribution >= 0.6 is 0 Å². The zero-order valence-electron chi connectivity index (χ0n) is 11.3. The molecular formula is C13H17N5O. The highest BCUT2D eigenvalue weighted by Gasteiger charge is 2.24. The number of carbonyl (C=O) groups excluding carboxylic acids is 1. The molecular weight excluding hydrogens is 242 g/mol. The van der Waals surface area contributed by atoms with Gasteiger partial charge in [-0.15, -0.1) is 0 Å². The summed E-state index contributed by atoms with van der Waals surface area (Å²) >= 11 is 0. The molecule has 0 fully saturated rings. The quantitative estimate of drug-likeness (QED) is 0.895. The van der Waals surface area contributed by atoms with Crippen molar-refractivity contribution in [2.75, 3.05) is 5.32 Å². The van der Waals surface area contributed by atoms with Crippen LogP contribution in [0.1, 0.15) is 32.4 Å². The molecule has 2 aromatic heterocycles. The highest BCUT2D eigenvalue weighted by Crippen LogP contribution is 2.32. The minimum Gasteiger partial charge on any atom is -0.309 e. The van der Waals surface area contributed by atoms with E-state index in [4.69, 9.17) is 0 Å². The lowest BCUT2D eigenvalue weighted by atomic mass is 10.1. The number of anilines is 1. The van der Waals surface area contributed by atoms with Gasteiger partial charge in [-0.05, 0) is 20.3 Å². The molecule has 0 atom stereocenters. The first-order valence-corrected chi connectivity index (χ1v) is 6.48. The van der Waals surface area contributed by atoms with Gasteiger partial charge in [-0.2, -0.15) is 10.2 Å². The van der Waals surface area contributed by atoms with Crippen molar-refractivity contribution < 1.29 is 4.79 Å². The highest BCUT2D eigenvalue weighted by atomic mass is 16.1. The molecule has 0 aromatic carbocycles. The Bertz CT molecular complexity index is 637. The van der Waals surface area contributed by atoms with Gasteiger partial charge in [0.1, 0.15) is 0 Å². The number of hydrogen-bond acceptors (Lipinski definition) is 3. The molecule has 6 heteroatoms. The largest absolute Gasteiger partial charge is 0.309 e. The number of nitrogens with zero attached hydrogens (tertiary/aromatic N) is 4. The number of carbonyl (C=O) groups is 1. The van der Waals surface area contributed by atoms with Crippen molar-refractivity contribution in [1.29, 1.82) is 0 Å². The minimum atomic E-state index is -0.104. The molecule has 0 saturated heterocycles. The fourth-order valence-electron chi connectivity index (χ4n) is 2.50. The number of aryl methyl sites for hydroxylation is 2. The average molecular weight is 259 g/mol. The van der Waals surface area contributed by atoms with Crippen LogP contribution in [0.3, 0.4) is 0 Å². The maximum atomic E-state index is 11.1. The number of rotatable bonds is 2. The van der Waals surface area contributed by atoms with E-state index in [-0.39, 0.29) is 5.91 Å². The first kappa shape index (κ1) is 12.0. The van der Waals surface area contributed by atoms with Crippen LogP contribution in [0.25, 0.3) is 11.4 Å². The molecule has 0 aliphatic carbocycles. The minimum absolute atomic E-state index is 0.104. The number of aromatic nitrogens is 4. The lowest BCUT2D eigenvalue weighted by molar-refractivity contribution is -0.114. The third-order valence-corrected chi connectivity index (χ3v) is 3.28. The van der Waals surface area contributed by atoms with Crippen LogP contribution in [0.4, 0.5) is 5.82 Å². The predicted octanol–water partition coefficient (Wildman–Crippen LogP) is 1.84. The van der Waals surface area contributed by atoms with Gasteiger partial charge in [0, 0.05) is 31.1 Å². The molecule has 3 rings (SSSR count). The van der Waals surface area contributed by atoms with E-state index < -0.39 is 0 Å². The Morgan fingerprint density at radius 1 is 1.47 bits per heavy atom. The Kier molecular flexibility index (Phi) is 2.66. The van der Waals surface area contributed by atoms with Gasteiger partial charge in [-0.3, -0.25) is 14.2 Å². The third-order valence-electron chi connectivity index (χ3n) is 3.28. The second-order valence-electron chi connectivity index (χ2n) is 5.13. The Labute approximate surface area is 111 Å². The van der Waals surface area contributed by atoms with E-state index in [0.717, 1.165) is 24.4 Å². The summed E-state index contributed by atoms with van der Waals surface area (Å²) in [4.78, 5) is 11.1. The second kappa shape index (κ2) is 4.22. The molecule has 3 heterocycles. The molecule has 0 bridgehead atoms. The fraction of sp³-hybridized carbons (Fsp3) is 0.462. The molecule has 0 saturated carbocycles. The van der Waals surface area contributed by atoms with Crippen LogP contribution in [-0.2, 0) is 17.8 Å². The lowest BCUT2D eigenvalue weighted by Crippen LogP contribution is -2.15. The number of hydrogen-bond donors (Lipinski definition) is 1. The van der Waals surface area contributed by atoms with E-state index in [1.165, 1.54) is 12.5 Å². The van der Waals surface area contributed by atoms with Gasteiger partial charge >= 0.3 is 0 Å². The summed E-state index contributed by atoms with van der Waals surface area (Å²) in [6, 6.07) is 2.22. The van der Waals surface area contributed by atoms with Gasteiger partial charge in [-0.1, -0.05) is 0 Å². The Morgan fingerprint density at radius 2 is 2.26 bits per heavy atom. The van der Waals surface area contributed by atoms with Crippen LogP contribution in [0.5, 0.6) is 0 Å². The van der Waals surface area contributed by atoms with Crippen LogP contribution in [0.15, 0.2) is 12.3 Å². The summed E-state index contributed by atoms with van der Waals surface area (Å²) in [5.41, 5.74) is 3.39. The highest BCUT2D eigenvalue weighted by molar-refractivity contribution is 5.88. The Hall–Kier alpha value is -2.11. The Morgan fingerprint density at radius 3 is 2.95 bits per heavy atom. The summed E-state index contributed by atoms with van der Waals surface area (Å²) in [6.45, 7) is 6.53. The van der Waals surface area contributed by atoms with Crippen LogP contribution in [-0.4, -0.2) is 25.5 Å². The molecule has 6 nitrogen and oxygen atoms in total. The SMILES string of the molecule is CC(=O)Nc1cc2n(n1)CCc1cnn(C(C)C)c1-2. The molecule has 0 radical (unpaired) electrons. The summed E-state index contributed by atoms with van der Waals surface area (Å²) in [6.07, 6.45) is 2.86. The van der Waals surface area contributed by atoms with E-state index in [1.807, 2.05) is 21.6 Å². The first-order chi connectivity index (χ1) is 9.06. The second-order valence-corrected chi connectivity index (χ2v) is 5.13. The van der Waals surface area contributed by atoms with Crippen molar-refractivity contribution in [3.63, 3.8) is 0 Å². The van der Waals surface area contributed by atoms with E-state index in [0.29, 0.717) is 11.9 Å². The maximum absolute atomic E-state index is 11.1. The molecule has 19 heavy (non-hydrogen) atoms. The lowest BCUT2D eigenvalue weighted by Gasteiger charge is -2.17. The van der Waals surface area contributed by atoms with Gasteiger partial charge in [0.05, 0.1) is 17.6 Å². The van der Waals surface area contributed by atoms with Crippen molar-refractivity contribution in [1.82, 2.24) is 19.6 Å². The van der Waals surface area contributed by atoms with E-state index in [9.17, 15) is 4.79 Å². The monoisotopic (exact) mass is 259 g/mol. The number of fused-ring (bicyclic) bond motifs is 3. The van der Waals surface area contributed by atoms with Crippen molar-refractivity contribution in [3.05, 3.63) is 17.8 Å². The molecule has 2 aromatic rings. The molecule has 1 aliphatic heterocycles. The third kappa shape index (κ3) is 1.93. The van der Waals surface area contributed by atoms with Crippen LogP contribution < -0.4 is 5.32 Å². The standard InChI is InChI=1S/C13H17N5O/c1-8(2)18-13-10(7-14-18)4-5-17-11(13)6-12(16-17)15-9(3)19/h6-8H,4-5H2,1-3H3,(H,15,16,19). The molecule has 1 aliphatic rings. The average Bonchev–Trinajstić information content (AvgIpc) is 2.88. The van der Waals surface area contributed by atoms with Gasteiger partial charge < -0.3 is 5.32 Å². The van der Waals surface area contributed by atoms with Crippen molar-refractivity contribution >= 4 is 11.7 Å². The van der Waals surface area contributed by atoms with Crippen molar-refractivity contribution in [2.24, 2.45) is 0 Å². The van der Waals surface area contributed by atoms with E-state index in [2.05, 4.69) is 29.4 Å². The van der Waals surface area contributed by atoms with Crippen molar-refractivity contribution in [2.45, 2.75) is 39.8 Å². The molecule has 100 valence electrons. The zero-order valence-corrected chi connectivity index (χ0v) is 11.3. The topological polar surface area (TPSA) is 64.7 Å². The smallest absolute Gasteiger partial charge is 0.222 e. The summed E-state index contributed by atoms with van der Waals surface area (Å²) < 4.78 is 3.95. The number of nitrogens with one attached hydrogen (secondary N) is 1.